The van der Waals surface area contributed by atoms with E-state index in [4.69, 9.17) is 0 Å². The van der Waals surface area contributed by atoms with E-state index in [2.05, 4.69) is 41.2 Å². The molecule has 0 bridgehead atoms. The largest absolute Gasteiger partial charge is 0.416 e. The first-order valence-electron chi connectivity index (χ1n) is 12.6. The highest BCUT2D eigenvalue weighted by molar-refractivity contribution is 5.87. The minimum Gasteiger partial charge on any atom is -0.395 e. The third kappa shape index (κ3) is 4.64. The van der Waals surface area contributed by atoms with Crippen LogP contribution in [-0.4, -0.2) is 45.5 Å². The molecule has 0 saturated carbocycles. The molecule has 1 atom stereocenters. The maximum atomic E-state index is 14.0. The van der Waals surface area contributed by atoms with Gasteiger partial charge in [0.05, 0.1) is 30.3 Å². The Bertz CT molecular complexity index is 1510. The number of pyridine rings is 1. The average molecular weight is 526 g/mol. The van der Waals surface area contributed by atoms with Crippen LogP contribution in [0.5, 0.6) is 0 Å². The number of aliphatic hydroxyl groups excluding tert-OH is 1. The molecular weight excluding hydrogens is 495 g/mol. The van der Waals surface area contributed by atoms with Gasteiger partial charge in [0.2, 0.25) is 0 Å². The number of halogens is 3. The molecule has 200 valence electrons. The lowest BCUT2D eigenvalue weighted by Crippen LogP contribution is -2.30. The fourth-order valence-corrected chi connectivity index (χ4v) is 5.60. The minimum absolute atomic E-state index is 0.00157. The van der Waals surface area contributed by atoms with Gasteiger partial charge in [0, 0.05) is 31.5 Å². The minimum atomic E-state index is -4.55. The number of rotatable bonds is 7. The second kappa shape index (κ2) is 10.2. The van der Waals surface area contributed by atoms with Crippen molar-refractivity contribution in [3.63, 3.8) is 0 Å². The number of aliphatic hydroxyl groups is 1. The van der Waals surface area contributed by atoms with Crippen LogP contribution >= 0.6 is 0 Å². The molecule has 2 aromatic heterocycles. The zero-order chi connectivity index (χ0) is 27.0. The lowest BCUT2D eigenvalue weighted by Gasteiger charge is -2.23. The molecule has 1 unspecified atom stereocenters. The van der Waals surface area contributed by atoms with Crippen LogP contribution in [0.15, 0.2) is 59.5 Å². The van der Waals surface area contributed by atoms with Gasteiger partial charge in [-0.2, -0.15) is 13.2 Å². The molecule has 1 saturated heterocycles. The fraction of sp³-hybridized carbons (Fsp3) is 0.357. The summed E-state index contributed by atoms with van der Waals surface area (Å²) >= 11 is 0. The number of imidazole rings is 1. The Balaban J connectivity index is 1.62. The Morgan fingerprint density at radius 2 is 1.82 bits per heavy atom. The Hall–Kier alpha value is -3.79. The van der Waals surface area contributed by atoms with Crippen LogP contribution in [0.25, 0.3) is 11.0 Å². The van der Waals surface area contributed by atoms with E-state index in [0.717, 1.165) is 29.4 Å². The molecule has 2 aromatic carbocycles. The third-order valence-electron chi connectivity index (χ3n) is 7.21. The number of alkyl halides is 3. The molecule has 1 aliphatic heterocycles. The third-order valence-corrected chi connectivity index (χ3v) is 7.21. The number of anilines is 2. The number of fused-ring (bicyclic) bond motifs is 1. The number of hydrogen-bond acceptors (Lipinski definition) is 5. The Morgan fingerprint density at radius 3 is 2.53 bits per heavy atom. The van der Waals surface area contributed by atoms with Gasteiger partial charge in [-0.3, -0.25) is 9.13 Å². The van der Waals surface area contributed by atoms with Crippen LogP contribution in [0, 0.1) is 13.8 Å². The van der Waals surface area contributed by atoms with E-state index in [1.54, 1.807) is 16.8 Å². The molecule has 5 rings (SSSR count). The van der Waals surface area contributed by atoms with Gasteiger partial charge in [-0.15, -0.1) is 0 Å². The molecule has 4 aromatic rings. The quantitative estimate of drug-likeness (QED) is 0.365. The summed E-state index contributed by atoms with van der Waals surface area (Å²) in [6.07, 6.45) is -2.26. The second-order valence-corrected chi connectivity index (χ2v) is 9.70. The van der Waals surface area contributed by atoms with Crippen LogP contribution in [0.2, 0.25) is 0 Å². The number of hydrogen-bond donors (Lipinski definition) is 2. The maximum absolute atomic E-state index is 14.0. The van der Waals surface area contributed by atoms with Crippen molar-refractivity contribution in [2.24, 2.45) is 0 Å². The van der Waals surface area contributed by atoms with Gasteiger partial charge < -0.3 is 15.3 Å². The molecule has 3 heterocycles. The number of benzene rings is 2. The zero-order valence-corrected chi connectivity index (χ0v) is 21.3. The van der Waals surface area contributed by atoms with E-state index in [9.17, 15) is 23.1 Å². The molecule has 2 N–H and O–H groups in total. The summed E-state index contributed by atoms with van der Waals surface area (Å²) in [7, 11) is 0. The molecule has 1 fully saturated rings. The van der Waals surface area contributed by atoms with Crippen LogP contribution < -0.4 is 15.9 Å². The van der Waals surface area contributed by atoms with Crippen LogP contribution in [0.3, 0.4) is 0 Å². The lowest BCUT2D eigenvalue weighted by atomic mass is 10.1. The van der Waals surface area contributed by atoms with E-state index in [0.29, 0.717) is 29.8 Å². The van der Waals surface area contributed by atoms with E-state index in [-0.39, 0.29) is 37.0 Å². The Kier molecular flexibility index (Phi) is 6.92. The average Bonchev–Trinajstić information content (AvgIpc) is 3.45. The van der Waals surface area contributed by atoms with Crippen LogP contribution in [0.1, 0.15) is 34.7 Å². The highest BCUT2D eigenvalue weighted by atomic mass is 19.4. The summed E-state index contributed by atoms with van der Waals surface area (Å²) in [6, 6.07) is 13.0. The topological polar surface area (TPSA) is 75.3 Å². The zero-order valence-electron chi connectivity index (χ0n) is 21.3. The normalized spacial score (nSPS) is 15.9. The van der Waals surface area contributed by atoms with Gasteiger partial charge in [0.15, 0.2) is 5.82 Å². The van der Waals surface area contributed by atoms with Crippen molar-refractivity contribution in [3.8, 4) is 0 Å². The standard InChI is InChI=1S/C28H30F3N5O2/c1-18-6-5-7-19(2)24(18)34-14-11-21(17-34)36-23-10-12-32-26(33-13-15-37)25(23)35(27(36)38)16-20-8-3-4-9-22(20)28(29,30)31/h3-10,12,21,37H,11,13-17H2,1-2H3,(H,32,33). The molecule has 0 radical (unpaired) electrons. The predicted molar refractivity (Wildman–Crippen MR) is 142 cm³/mol. The summed E-state index contributed by atoms with van der Waals surface area (Å²) in [5.74, 6) is 0.349. The lowest BCUT2D eigenvalue weighted by molar-refractivity contribution is -0.138. The van der Waals surface area contributed by atoms with Crippen molar-refractivity contribution in [3.05, 3.63) is 87.5 Å². The van der Waals surface area contributed by atoms with Crippen LogP contribution in [-0.2, 0) is 12.7 Å². The summed E-state index contributed by atoms with van der Waals surface area (Å²) in [5, 5.41) is 12.4. The summed E-state index contributed by atoms with van der Waals surface area (Å²) < 4.78 is 44.4. The number of para-hydroxylation sites is 1. The van der Waals surface area contributed by atoms with E-state index >= 15 is 0 Å². The number of aromatic nitrogens is 3. The number of nitrogens with one attached hydrogen (secondary N) is 1. The fourth-order valence-electron chi connectivity index (χ4n) is 5.60. The van der Waals surface area contributed by atoms with Crippen molar-refractivity contribution in [1.82, 2.24) is 14.1 Å². The first-order valence-corrected chi connectivity index (χ1v) is 12.6. The molecule has 7 nitrogen and oxygen atoms in total. The van der Waals surface area contributed by atoms with E-state index in [1.165, 1.54) is 22.8 Å². The maximum Gasteiger partial charge on any atom is 0.416 e. The summed E-state index contributed by atoms with van der Waals surface area (Å²) in [6.45, 7) is 5.26. The van der Waals surface area contributed by atoms with Crippen molar-refractivity contribution in [2.45, 2.75) is 39.0 Å². The van der Waals surface area contributed by atoms with Crippen molar-refractivity contribution in [1.29, 1.82) is 0 Å². The van der Waals surface area contributed by atoms with E-state index in [1.807, 2.05) is 6.07 Å². The van der Waals surface area contributed by atoms with Gasteiger partial charge in [-0.25, -0.2) is 9.78 Å². The predicted octanol–water partition coefficient (Wildman–Crippen LogP) is 4.74. The van der Waals surface area contributed by atoms with E-state index < -0.39 is 11.7 Å². The first-order chi connectivity index (χ1) is 18.2. The summed E-state index contributed by atoms with van der Waals surface area (Å²) in [5.41, 5.74) is 3.33. The van der Waals surface area contributed by atoms with Crippen molar-refractivity contribution in [2.75, 3.05) is 36.5 Å². The van der Waals surface area contributed by atoms with Gasteiger partial charge in [0.25, 0.3) is 0 Å². The first kappa shape index (κ1) is 25.8. The molecule has 38 heavy (non-hydrogen) atoms. The van der Waals surface area contributed by atoms with Crippen LogP contribution in [0.4, 0.5) is 24.7 Å². The molecule has 0 aliphatic carbocycles. The highest BCUT2D eigenvalue weighted by Crippen LogP contribution is 2.35. The van der Waals surface area contributed by atoms with Gasteiger partial charge in [-0.05, 0) is 49.1 Å². The monoisotopic (exact) mass is 525 g/mol. The molecule has 1 aliphatic rings. The SMILES string of the molecule is Cc1cccc(C)c1N1CCC(n2c(=O)n(Cc3ccccc3C(F)(F)F)c3c(NCCO)nccc32)C1. The van der Waals surface area contributed by atoms with Gasteiger partial charge in [-0.1, -0.05) is 36.4 Å². The van der Waals surface area contributed by atoms with Crippen molar-refractivity contribution < 1.29 is 18.3 Å². The second-order valence-electron chi connectivity index (χ2n) is 9.70. The molecular formula is C28H30F3N5O2. The van der Waals surface area contributed by atoms with Gasteiger partial charge >= 0.3 is 11.9 Å². The van der Waals surface area contributed by atoms with Gasteiger partial charge in [0.1, 0.15) is 5.52 Å². The molecule has 0 spiro atoms. The summed E-state index contributed by atoms with van der Waals surface area (Å²) in [4.78, 5) is 20.6. The highest BCUT2D eigenvalue weighted by Gasteiger charge is 2.34. The number of nitrogens with zero attached hydrogens (tertiary/aromatic N) is 4. The number of aryl methyl sites for hydroxylation is 2. The smallest absolute Gasteiger partial charge is 0.395 e. The Labute approximate surface area is 218 Å². The Morgan fingerprint density at radius 1 is 1.08 bits per heavy atom. The van der Waals surface area contributed by atoms with Crippen molar-refractivity contribution >= 4 is 22.5 Å². The molecule has 10 heteroatoms. The molecule has 0 amide bonds.